The van der Waals surface area contributed by atoms with Crippen molar-refractivity contribution in [1.29, 1.82) is 0 Å². The van der Waals surface area contributed by atoms with Gasteiger partial charge in [0.1, 0.15) is 0 Å². The largest absolute Gasteiger partial charge is 0.389 e. The van der Waals surface area contributed by atoms with Crippen LogP contribution in [0.2, 0.25) is 0 Å². The minimum absolute atomic E-state index is 0.384. The Balaban J connectivity index is 2.13. The van der Waals surface area contributed by atoms with E-state index < -0.39 is 0 Å². The molecule has 102 valence electrons. The molecule has 4 nitrogen and oxygen atoms in total. The first-order valence-corrected chi connectivity index (χ1v) is 6.71. The molecule has 2 N–H and O–H groups in total. The van der Waals surface area contributed by atoms with Crippen LogP contribution in [0.25, 0.3) is 0 Å². The summed E-state index contributed by atoms with van der Waals surface area (Å²) in [5.41, 5.74) is 0.387. The van der Waals surface area contributed by atoms with Gasteiger partial charge in [-0.15, -0.1) is 0 Å². The lowest BCUT2D eigenvalue weighted by atomic mass is 9.80. The molecule has 0 aromatic heterocycles. The Morgan fingerprint density at radius 2 is 2.06 bits per heavy atom. The summed E-state index contributed by atoms with van der Waals surface area (Å²) in [6, 6.07) is 0. The van der Waals surface area contributed by atoms with Crippen LogP contribution in [0.4, 0.5) is 0 Å². The number of aliphatic hydroxyl groups is 1. The van der Waals surface area contributed by atoms with Crippen molar-refractivity contribution in [2.75, 3.05) is 46.4 Å². The predicted molar refractivity (Wildman–Crippen MR) is 70.2 cm³/mol. The van der Waals surface area contributed by atoms with Crippen molar-refractivity contribution in [2.45, 2.75) is 32.8 Å². The van der Waals surface area contributed by atoms with E-state index >= 15 is 0 Å². The molecule has 17 heavy (non-hydrogen) atoms. The Morgan fingerprint density at radius 1 is 1.41 bits per heavy atom. The molecule has 1 aliphatic rings. The summed E-state index contributed by atoms with van der Waals surface area (Å²) in [6.07, 6.45) is 2.08. The molecule has 4 heteroatoms. The van der Waals surface area contributed by atoms with Gasteiger partial charge < -0.3 is 20.1 Å². The van der Waals surface area contributed by atoms with E-state index in [4.69, 9.17) is 4.74 Å². The summed E-state index contributed by atoms with van der Waals surface area (Å²) in [4.78, 5) is 2.38. The molecule has 0 bridgehead atoms. The summed E-state index contributed by atoms with van der Waals surface area (Å²) in [6.45, 7) is 9.36. The van der Waals surface area contributed by atoms with Crippen molar-refractivity contribution in [3.63, 3.8) is 0 Å². The SMILES string of the molecule is CCOCC(O)CNCC1(C)CCN(C)CC1. The van der Waals surface area contributed by atoms with Crippen LogP contribution in [0.15, 0.2) is 0 Å². The Bertz CT molecular complexity index is 204. The van der Waals surface area contributed by atoms with Gasteiger partial charge in [0.2, 0.25) is 0 Å². The molecular weight excluding hydrogens is 216 g/mol. The van der Waals surface area contributed by atoms with Crippen LogP contribution in [-0.4, -0.2) is 62.6 Å². The summed E-state index contributed by atoms with van der Waals surface area (Å²) in [5, 5.41) is 13.0. The molecule has 1 aliphatic heterocycles. The number of nitrogens with zero attached hydrogens (tertiary/aromatic N) is 1. The van der Waals surface area contributed by atoms with Gasteiger partial charge in [0.15, 0.2) is 0 Å². The van der Waals surface area contributed by atoms with Crippen LogP contribution in [0.5, 0.6) is 0 Å². The fourth-order valence-corrected chi connectivity index (χ4v) is 2.19. The van der Waals surface area contributed by atoms with Crippen molar-refractivity contribution < 1.29 is 9.84 Å². The maximum atomic E-state index is 9.64. The van der Waals surface area contributed by atoms with Crippen LogP contribution < -0.4 is 5.32 Å². The second-order valence-corrected chi connectivity index (χ2v) is 5.56. The van der Waals surface area contributed by atoms with Gasteiger partial charge in [-0.2, -0.15) is 0 Å². The van der Waals surface area contributed by atoms with E-state index in [0.717, 1.165) is 6.54 Å². The third-order valence-corrected chi connectivity index (χ3v) is 3.64. The molecule has 0 aromatic rings. The summed E-state index contributed by atoms with van der Waals surface area (Å²) in [5.74, 6) is 0. The average Bonchev–Trinajstić information content (AvgIpc) is 2.31. The van der Waals surface area contributed by atoms with E-state index in [1.54, 1.807) is 0 Å². The first-order valence-electron chi connectivity index (χ1n) is 6.71. The fraction of sp³-hybridized carbons (Fsp3) is 1.00. The van der Waals surface area contributed by atoms with Gasteiger partial charge in [-0.1, -0.05) is 6.92 Å². The summed E-state index contributed by atoms with van der Waals surface area (Å²) in [7, 11) is 2.18. The van der Waals surface area contributed by atoms with E-state index in [2.05, 4.69) is 24.2 Å². The Morgan fingerprint density at radius 3 is 2.65 bits per heavy atom. The number of piperidine rings is 1. The topological polar surface area (TPSA) is 44.7 Å². The quantitative estimate of drug-likeness (QED) is 0.692. The van der Waals surface area contributed by atoms with Crippen LogP contribution in [-0.2, 0) is 4.74 Å². The van der Waals surface area contributed by atoms with Gasteiger partial charge in [-0.3, -0.25) is 0 Å². The third kappa shape index (κ3) is 5.82. The molecule has 0 saturated carbocycles. The van der Waals surface area contributed by atoms with Gasteiger partial charge in [-0.25, -0.2) is 0 Å². The van der Waals surface area contributed by atoms with Gasteiger partial charge >= 0.3 is 0 Å². The molecule has 1 atom stereocenters. The predicted octanol–water partition coefficient (Wildman–Crippen LogP) is 0.705. The summed E-state index contributed by atoms with van der Waals surface area (Å²) >= 11 is 0. The highest BCUT2D eigenvalue weighted by Gasteiger charge is 2.28. The number of likely N-dealkylation sites (tertiary alicyclic amines) is 1. The van der Waals surface area contributed by atoms with Gasteiger partial charge in [0.05, 0.1) is 12.7 Å². The van der Waals surface area contributed by atoms with Gasteiger partial charge in [0.25, 0.3) is 0 Å². The normalized spacial score (nSPS) is 22.6. The number of hydrogen-bond acceptors (Lipinski definition) is 4. The zero-order valence-corrected chi connectivity index (χ0v) is 11.5. The molecule has 1 rings (SSSR count). The lowest BCUT2D eigenvalue weighted by Gasteiger charge is -2.38. The van der Waals surface area contributed by atoms with Crippen LogP contribution in [0.3, 0.4) is 0 Å². The number of aliphatic hydroxyl groups excluding tert-OH is 1. The van der Waals surface area contributed by atoms with Crippen molar-refractivity contribution in [3.05, 3.63) is 0 Å². The van der Waals surface area contributed by atoms with E-state index in [1.165, 1.54) is 25.9 Å². The van der Waals surface area contributed by atoms with Crippen molar-refractivity contribution in [1.82, 2.24) is 10.2 Å². The molecule has 1 heterocycles. The second-order valence-electron chi connectivity index (χ2n) is 5.56. The first kappa shape index (κ1) is 14.9. The molecule has 0 amide bonds. The molecule has 1 fully saturated rings. The highest BCUT2D eigenvalue weighted by molar-refractivity contribution is 4.83. The Kier molecular flexibility index (Phi) is 6.41. The highest BCUT2D eigenvalue weighted by atomic mass is 16.5. The standard InChI is InChI=1S/C13H28N2O2/c1-4-17-10-12(16)9-14-11-13(2)5-7-15(3)8-6-13/h12,14,16H,4-11H2,1-3H3. The molecule has 1 unspecified atom stereocenters. The zero-order chi connectivity index (χ0) is 12.7. The lowest BCUT2D eigenvalue weighted by Crippen LogP contribution is -2.44. The van der Waals surface area contributed by atoms with E-state index in [-0.39, 0.29) is 6.10 Å². The molecule has 0 spiro atoms. The minimum atomic E-state index is -0.384. The maximum Gasteiger partial charge on any atom is 0.0897 e. The number of hydrogen-bond donors (Lipinski definition) is 2. The molecular formula is C13H28N2O2. The Labute approximate surface area is 105 Å². The average molecular weight is 244 g/mol. The van der Waals surface area contributed by atoms with Gasteiger partial charge in [-0.05, 0) is 45.3 Å². The molecule has 0 radical (unpaired) electrons. The van der Waals surface area contributed by atoms with Crippen molar-refractivity contribution in [2.24, 2.45) is 5.41 Å². The smallest absolute Gasteiger partial charge is 0.0897 e. The highest BCUT2D eigenvalue weighted by Crippen LogP contribution is 2.29. The van der Waals surface area contributed by atoms with Gasteiger partial charge in [0, 0.05) is 19.7 Å². The Hall–Kier alpha value is -0.160. The fourth-order valence-electron chi connectivity index (χ4n) is 2.19. The summed E-state index contributed by atoms with van der Waals surface area (Å²) < 4.78 is 5.18. The van der Waals surface area contributed by atoms with E-state index in [9.17, 15) is 5.11 Å². The van der Waals surface area contributed by atoms with Crippen LogP contribution in [0, 0.1) is 5.41 Å². The number of rotatable bonds is 7. The van der Waals surface area contributed by atoms with E-state index in [1.807, 2.05) is 6.92 Å². The molecule has 0 aromatic carbocycles. The number of ether oxygens (including phenoxy) is 1. The second kappa shape index (κ2) is 7.31. The number of nitrogens with one attached hydrogen (secondary N) is 1. The van der Waals surface area contributed by atoms with E-state index in [0.29, 0.717) is 25.2 Å². The van der Waals surface area contributed by atoms with Crippen LogP contribution >= 0.6 is 0 Å². The molecule has 1 saturated heterocycles. The van der Waals surface area contributed by atoms with Crippen molar-refractivity contribution in [3.8, 4) is 0 Å². The lowest BCUT2D eigenvalue weighted by molar-refractivity contribution is 0.0398. The maximum absolute atomic E-state index is 9.64. The minimum Gasteiger partial charge on any atom is -0.389 e. The third-order valence-electron chi connectivity index (χ3n) is 3.64. The van der Waals surface area contributed by atoms with Crippen LogP contribution in [0.1, 0.15) is 26.7 Å². The monoisotopic (exact) mass is 244 g/mol. The molecule has 0 aliphatic carbocycles. The van der Waals surface area contributed by atoms with Crippen molar-refractivity contribution >= 4 is 0 Å². The zero-order valence-electron chi connectivity index (χ0n) is 11.5. The first-order chi connectivity index (χ1) is 8.06.